The highest BCUT2D eigenvalue weighted by molar-refractivity contribution is 6.35. The van der Waals surface area contributed by atoms with Gasteiger partial charge >= 0.3 is 0 Å². The third-order valence-corrected chi connectivity index (χ3v) is 7.12. The first-order valence-corrected chi connectivity index (χ1v) is 13.0. The maximum Gasteiger partial charge on any atom is 0.124 e. The summed E-state index contributed by atoms with van der Waals surface area (Å²) in [7, 11) is 0. The Labute approximate surface area is 226 Å². The Morgan fingerprint density at radius 1 is 1.14 bits per heavy atom. The summed E-state index contributed by atoms with van der Waals surface area (Å²) in [5.41, 5.74) is 5.44. The first-order chi connectivity index (χ1) is 18.0. The van der Waals surface area contributed by atoms with Crippen LogP contribution in [0, 0.1) is 0 Å². The van der Waals surface area contributed by atoms with Crippen LogP contribution in [-0.2, 0) is 4.74 Å². The van der Waals surface area contributed by atoms with Crippen molar-refractivity contribution in [3.8, 4) is 17.0 Å². The van der Waals surface area contributed by atoms with Crippen molar-refractivity contribution in [3.63, 3.8) is 0 Å². The third-order valence-electron chi connectivity index (χ3n) is 6.52. The number of nitrogens with one attached hydrogen (secondary N) is 2. The van der Waals surface area contributed by atoms with Gasteiger partial charge in [0.2, 0.25) is 0 Å². The average Bonchev–Trinajstić information content (AvgIpc) is 3.32. The summed E-state index contributed by atoms with van der Waals surface area (Å²) in [6.45, 7) is 11.5. The Morgan fingerprint density at radius 2 is 1.86 bits per heavy atom. The Morgan fingerprint density at radius 3 is 2.59 bits per heavy atom. The van der Waals surface area contributed by atoms with Crippen LogP contribution in [-0.4, -0.2) is 59.5 Å². The van der Waals surface area contributed by atoms with Crippen LogP contribution in [0.4, 0.5) is 0 Å². The molecule has 1 saturated heterocycles. The van der Waals surface area contributed by atoms with Gasteiger partial charge < -0.3 is 14.8 Å². The number of morpholine rings is 1. The van der Waals surface area contributed by atoms with E-state index in [4.69, 9.17) is 32.7 Å². The molecule has 0 bridgehead atoms. The highest BCUT2D eigenvalue weighted by Crippen LogP contribution is 2.35. The first-order valence-electron chi connectivity index (χ1n) is 12.3. The van der Waals surface area contributed by atoms with Gasteiger partial charge in [-0.15, -0.1) is 0 Å². The lowest BCUT2D eigenvalue weighted by Gasteiger charge is -2.26. The van der Waals surface area contributed by atoms with E-state index in [0.717, 1.165) is 72.8 Å². The second kappa shape index (κ2) is 11.5. The zero-order valence-corrected chi connectivity index (χ0v) is 22.1. The number of rotatable bonds is 9. The van der Waals surface area contributed by atoms with Gasteiger partial charge in [-0.25, -0.2) is 0 Å². The average molecular weight is 538 g/mol. The number of pyridine rings is 1. The summed E-state index contributed by atoms with van der Waals surface area (Å²) >= 11 is 12.6. The molecule has 37 heavy (non-hydrogen) atoms. The van der Waals surface area contributed by atoms with Crippen molar-refractivity contribution in [2.45, 2.75) is 13.0 Å². The van der Waals surface area contributed by atoms with E-state index in [-0.39, 0.29) is 6.10 Å². The summed E-state index contributed by atoms with van der Waals surface area (Å²) in [4.78, 5) is 6.41. The predicted molar refractivity (Wildman–Crippen MR) is 149 cm³/mol. The molecule has 2 aromatic carbocycles. The van der Waals surface area contributed by atoms with E-state index in [9.17, 15) is 0 Å². The lowest BCUT2D eigenvalue weighted by Crippen LogP contribution is -2.40. The molecule has 0 amide bonds. The minimum atomic E-state index is -0.350. The van der Waals surface area contributed by atoms with E-state index in [2.05, 4.69) is 56.2 Å². The van der Waals surface area contributed by atoms with E-state index in [1.54, 1.807) is 12.4 Å². The Balaban J connectivity index is 1.27. The molecule has 1 aliphatic heterocycles. The van der Waals surface area contributed by atoms with Crippen molar-refractivity contribution in [2.75, 3.05) is 39.4 Å². The van der Waals surface area contributed by atoms with E-state index in [1.807, 2.05) is 25.1 Å². The number of fused-ring (bicyclic) bond motifs is 1. The molecule has 0 spiro atoms. The monoisotopic (exact) mass is 537 g/mol. The van der Waals surface area contributed by atoms with E-state index >= 15 is 0 Å². The van der Waals surface area contributed by atoms with E-state index in [1.165, 1.54) is 0 Å². The third kappa shape index (κ3) is 5.91. The van der Waals surface area contributed by atoms with Crippen LogP contribution < -0.4 is 10.1 Å². The fourth-order valence-electron chi connectivity index (χ4n) is 4.48. The van der Waals surface area contributed by atoms with Gasteiger partial charge in [-0.3, -0.25) is 15.0 Å². The number of halogens is 2. The molecule has 3 heterocycles. The van der Waals surface area contributed by atoms with Crippen molar-refractivity contribution < 1.29 is 9.47 Å². The summed E-state index contributed by atoms with van der Waals surface area (Å²) in [6.07, 6.45) is 2.78. The van der Waals surface area contributed by atoms with Crippen molar-refractivity contribution >= 4 is 39.8 Å². The van der Waals surface area contributed by atoms with Gasteiger partial charge in [-0.1, -0.05) is 54.0 Å². The Hall–Kier alpha value is -3.10. The molecule has 192 valence electrons. The van der Waals surface area contributed by atoms with Crippen molar-refractivity contribution in [3.05, 3.63) is 82.6 Å². The maximum atomic E-state index is 6.31. The molecular weight excluding hydrogens is 509 g/mol. The topological polar surface area (TPSA) is 75.3 Å². The normalized spacial score (nSPS) is 15.0. The lowest BCUT2D eigenvalue weighted by molar-refractivity contribution is 0.0388. The van der Waals surface area contributed by atoms with Gasteiger partial charge in [0.15, 0.2) is 0 Å². The minimum Gasteiger partial charge on any atom is -0.486 e. The number of hydrogen-bond donors (Lipinski definition) is 2. The molecule has 1 atom stereocenters. The largest absolute Gasteiger partial charge is 0.486 e. The number of aromatic nitrogens is 3. The molecule has 1 fully saturated rings. The van der Waals surface area contributed by atoms with Crippen LogP contribution in [0.2, 0.25) is 10.0 Å². The fraction of sp³-hybridized carbons (Fsp3) is 0.286. The number of benzene rings is 2. The number of H-pyrrole nitrogens is 1. The molecule has 0 aliphatic carbocycles. The number of aromatic amines is 1. The van der Waals surface area contributed by atoms with E-state index < -0.39 is 0 Å². The van der Waals surface area contributed by atoms with Gasteiger partial charge in [0, 0.05) is 60.8 Å². The Bertz CT molecular complexity index is 1360. The molecule has 2 aromatic heterocycles. The van der Waals surface area contributed by atoms with Crippen LogP contribution in [0.15, 0.2) is 61.4 Å². The lowest BCUT2D eigenvalue weighted by atomic mass is 10.0. The molecule has 5 rings (SSSR count). The zero-order valence-electron chi connectivity index (χ0n) is 20.6. The highest BCUT2D eigenvalue weighted by Gasteiger charge is 2.17. The molecule has 1 aliphatic rings. The first kappa shape index (κ1) is 25.5. The van der Waals surface area contributed by atoms with Crippen LogP contribution in [0.3, 0.4) is 0 Å². The fourth-order valence-corrected chi connectivity index (χ4v) is 5.15. The van der Waals surface area contributed by atoms with Gasteiger partial charge in [0.05, 0.1) is 28.8 Å². The SMILES string of the molecule is C=C(NCCN1CCOCC1)c1ccc(-c2n[nH]c3ccc(OC(C)c4c(Cl)cncc4Cl)cc23)cc1. The molecule has 9 heteroatoms. The molecule has 7 nitrogen and oxygen atoms in total. The van der Waals surface area contributed by atoms with Crippen LogP contribution in [0.5, 0.6) is 5.75 Å². The Kier molecular flexibility index (Phi) is 7.96. The summed E-state index contributed by atoms with van der Waals surface area (Å²) in [5.74, 6) is 0.695. The minimum absolute atomic E-state index is 0.350. The van der Waals surface area contributed by atoms with Crippen molar-refractivity contribution in [1.82, 2.24) is 25.4 Å². The second-order valence-electron chi connectivity index (χ2n) is 8.99. The van der Waals surface area contributed by atoms with E-state index in [0.29, 0.717) is 21.4 Å². The second-order valence-corrected chi connectivity index (χ2v) is 9.81. The predicted octanol–water partition coefficient (Wildman–Crippen LogP) is 5.96. The van der Waals surface area contributed by atoms with Gasteiger partial charge in [0.1, 0.15) is 17.5 Å². The van der Waals surface area contributed by atoms with Crippen molar-refractivity contribution in [2.24, 2.45) is 0 Å². The van der Waals surface area contributed by atoms with Crippen LogP contribution >= 0.6 is 23.2 Å². The van der Waals surface area contributed by atoms with Crippen molar-refractivity contribution in [1.29, 1.82) is 0 Å². The quantitative estimate of drug-likeness (QED) is 0.274. The molecule has 4 aromatic rings. The number of hydrogen-bond acceptors (Lipinski definition) is 6. The van der Waals surface area contributed by atoms with Gasteiger partial charge in [-0.05, 0) is 30.7 Å². The summed E-state index contributed by atoms with van der Waals surface area (Å²) in [6, 6.07) is 14.1. The van der Waals surface area contributed by atoms with Crippen LogP contribution in [0.1, 0.15) is 24.2 Å². The maximum absolute atomic E-state index is 6.31. The number of nitrogens with zero attached hydrogens (tertiary/aromatic N) is 3. The zero-order chi connectivity index (χ0) is 25.8. The van der Waals surface area contributed by atoms with Gasteiger partial charge in [-0.2, -0.15) is 5.10 Å². The molecule has 2 N–H and O–H groups in total. The number of ether oxygens (including phenoxy) is 2. The van der Waals surface area contributed by atoms with Gasteiger partial charge in [0.25, 0.3) is 0 Å². The summed E-state index contributed by atoms with van der Waals surface area (Å²) in [5, 5.41) is 13.0. The standard InChI is InChI=1S/C28H29Cl2N5O2/c1-18(32-9-10-35-11-13-36-14-12-35)20-3-5-21(6-4-20)28-23-15-22(7-8-26(23)33-34-28)37-19(2)27-24(29)16-31-17-25(27)30/h3-8,15-17,19,32H,1,9-14H2,2H3,(H,33,34). The molecular formula is C28H29Cl2N5O2. The highest BCUT2D eigenvalue weighted by atomic mass is 35.5. The molecule has 1 unspecified atom stereocenters. The smallest absolute Gasteiger partial charge is 0.124 e. The molecule has 0 radical (unpaired) electrons. The summed E-state index contributed by atoms with van der Waals surface area (Å²) < 4.78 is 11.6. The van der Waals surface area contributed by atoms with Crippen LogP contribution in [0.25, 0.3) is 27.9 Å². The molecule has 0 saturated carbocycles.